The van der Waals surface area contributed by atoms with Gasteiger partial charge in [-0.1, -0.05) is 48.0 Å². The second kappa shape index (κ2) is 7.24. The van der Waals surface area contributed by atoms with E-state index in [1.165, 1.54) is 0 Å². The maximum absolute atomic E-state index is 12.6. The van der Waals surface area contributed by atoms with Crippen LogP contribution in [0.4, 0.5) is 4.79 Å². The predicted molar refractivity (Wildman–Crippen MR) is 105 cm³/mol. The van der Waals surface area contributed by atoms with Crippen molar-refractivity contribution in [3.05, 3.63) is 59.1 Å². The highest BCUT2D eigenvalue weighted by atomic mass is 35.5. The third-order valence-corrected chi connectivity index (χ3v) is 5.78. The predicted octanol–water partition coefficient (Wildman–Crippen LogP) is 3.43. The van der Waals surface area contributed by atoms with Crippen molar-refractivity contribution in [1.29, 1.82) is 0 Å². The van der Waals surface area contributed by atoms with E-state index in [1.54, 1.807) is 0 Å². The first-order chi connectivity index (χ1) is 13.0. The highest BCUT2D eigenvalue weighted by molar-refractivity contribution is 6.30. The molecule has 2 aromatic rings. The third kappa shape index (κ3) is 3.78. The summed E-state index contributed by atoms with van der Waals surface area (Å²) in [6.07, 6.45) is 1.40. The molecule has 4 rings (SSSR count). The van der Waals surface area contributed by atoms with Crippen LogP contribution in [0.5, 0.6) is 0 Å². The maximum Gasteiger partial charge on any atom is 0.317 e. The smallest absolute Gasteiger partial charge is 0.317 e. The molecule has 2 N–H and O–H groups in total. The zero-order valence-electron chi connectivity index (χ0n) is 15.0. The Bertz CT molecular complexity index is 868. The van der Waals surface area contributed by atoms with Crippen molar-refractivity contribution in [2.75, 3.05) is 19.6 Å². The van der Waals surface area contributed by atoms with Gasteiger partial charge in [-0.05, 0) is 35.2 Å². The molecule has 0 aliphatic carbocycles. The molecule has 0 aromatic heterocycles. The molecular formula is C21H22ClN3O2. The van der Waals surface area contributed by atoms with Crippen molar-refractivity contribution in [2.45, 2.75) is 19.4 Å². The molecule has 0 bridgehead atoms. The van der Waals surface area contributed by atoms with E-state index in [1.807, 2.05) is 53.4 Å². The average molecular weight is 384 g/mol. The fourth-order valence-corrected chi connectivity index (χ4v) is 4.14. The monoisotopic (exact) mass is 383 g/mol. The molecule has 1 spiro atoms. The van der Waals surface area contributed by atoms with Crippen LogP contribution in [0.25, 0.3) is 11.1 Å². The minimum absolute atomic E-state index is 0.0721. The Labute approximate surface area is 163 Å². The van der Waals surface area contributed by atoms with Crippen LogP contribution >= 0.6 is 11.6 Å². The van der Waals surface area contributed by atoms with E-state index in [4.69, 9.17) is 11.6 Å². The molecule has 0 radical (unpaired) electrons. The minimum atomic E-state index is -0.0738. The SMILES string of the molecule is O=C1CC2(CCN(C(=O)NCc3ccccc3-c3ccc(Cl)cc3)C2)CN1. The summed E-state index contributed by atoms with van der Waals surface area (Å²) in [4.78, 5) is 26.0. The molecule has 1 atom stereocenters. The van der Waals surface area contributed by atoms with Crippen molar-refractivity contribution in [3.63, 3.8) is 0 Å². The van der Waals surface area contributed by atoms with Crippen molar-refractivity contribution < 1.29 is 9.59 Å². The summed E-state index contributed by atoms with van der Waals surface area (Å²) < 4.78 is 0. The number of hydrogen-bond donors (Lipinski definition) is 2. The summed E-state index contributed by atoms with van der Waals surface area (Å²) in [6, 6.07) is 15.7. The van der Waals surface area contributed by atoms with Gasteiger partial charge in [0.1, 0.15) is 0 Å². The van der Waals surface area contributed by atoms with E-state index in [9.17, 15) is 9.59 Å². The number of amides is 3. The lowest BCUT2D eigenvalue weighted by Gasteiger charge is -2.22. The fourth-order valence-electron chi connectivity index (χ4n) is 4.02. The Morgan fingerprint density at radius 3 is 2.70 bits per heavy atom. The molecule has 140 valence electrons. The molecule has 5 nitrogen and oxygen atoms in total. The molecular weight excluding hydrogens is 362 g/mol. The second-order valence-electron chi connectivity index (χ2n) is 7.45. The highest BCUT2D eigenvalue weighted by Crippen LogP contribution is 2.36. The molecule has 3 amide bonds. The molecule has 2 aliphatic rings. The molecule has 6 heteroatoms. The number of nitrogens with zero attached hydrogens (tertiary/aromatic N) is 1. The number of nitrogens with one attached hydrogen (secondary N) is 2. The van der Waals surface area contributed by atoms with Crippen molar-refractivity contribution in [2.24, 2.45) is 5.41 Å². The Morgan fingerprint density at radius 1 is 1.19 bits per heavy atom. The number of halogens is 1. The van der Waals surface area contributed by atoms with Crippen LogP contribution in [0, 0.1) is 5.41 Å². The van der Waals surface area contributed by atoms with Crippen LogP contribution < -0.4 is 10.6 Å². The molecule has 2 saturated heterocycles. The van der Waals surface area contributed by atoms with Gasteiger partial charge in [-0.2, -0.15) is 0 Å². The number of likely N-dealkylation sites (tertiary alicyclic amines) is 1. The Balaban J connectivity index is 1.41. The van der Waals surface area contributed by atoms with Gasteiger partial charge in [-0.15, -0.1) is 0 Å². The second-order valence-corrected chi connectivity index (χ2v) is 7.88. The molecule has 0 saturated carbocycles. The topological polar surface area (TPSA) is 61.4 Å². The van der Waals surface area contributed by atoms with Gasteiger partial charge < -0.3 is 15.5 Å². The van der Waals surface area contributed by atoms with Crippen LogP contribution in [0.1, 0.15) is 18.4 Å². The maximum atomic E-state index is 12.6. The number of urea groups is 1. The number of carbonyl (C=O) groups excluding carboxylic acids is 2. The average Bonchev–Trinajstić information content (AvgIpc) is 3.26. The summed E-state index contributed by atoms with van der Waals surface area (Å²) in [5.41, 5.74) is 3.13. The van der Waals surface area contributed by atoms with E-state index < -0.39 is 0 Å². The number of rotatable bonds is 3. The fraction of sp³-hybridized carbons (Fsp3) is 0.333. The van der Waals surface area contributed by atoms with Crippen LogP contribution in [0.15, 0.2) is 48.5 Å². The lowest BCUT2D eigenvalue weighted by Crippen LogP contribution is -2.40. The van der Waals surface area contributed by atoms with Gasteiger partial charge in [-0.25, -0.2) is 4.79 Å². The van der Waals surface area contributed by atoms with Gasteiger partial charge in [0.25, 0.3) is 0 Å². The van der Waals surface area contributed by atoms with Crippen molar-refractivity contribution in [1.82, 2.24) is 15.5 Å². The van der Waals surface area contributed by atoms with E-state index in [0.717, 1.165) is 23.1 Å². The first-order valence-corrected chi connectivity index (χ1v) is 9.56. The molecule has 27 heavy (non-hydrogen) atoms. The van der Waals surface area contributed by atoms with Gasteiger partial charge >= 0.3 is 6.03 Å². The zero-order chi connectivity index (χ0) is 18.9. The zero-order valence-corrected chi connectivity index (χ0v) is 15.8. The van der Waals surface area contributed by atoms with Crippen LogP contribution in [0.2, 0.25) is 5.02 Å². The van der Waals surface area contributed by atoms with Crippen LogP contribution in [0.3, 0.4) is 0 Å². The standard InChI is InChI=1S/C21H22ClN3O2/c22-17-7-5-15(6-8-17)18-4-2-1-3-16(18)12-23-20(27)25-10-9-21(14-25)11-19(26)24-13-21/h1-8H,9-14H2,(H,23,27)(H,24,26). The van der Waals surface area contributed by atoms with Gasteiger partial charge in [0.15, 0.2) is 0 Å². The summed E-state index contributed by atoms with van der Waals surface area (Å²) in [6.45, 7) is 2.46. The molecule has 1 unspecified atom stereocenters. The molecule has 2 heterocycles. The van der Waals surface area contributed by atoms with Gasteiger partial charge in [-0.3, -0.25) is 4.79 Å². The van der Waals surface area contributed by atoms with Gasteiger partial charge in [0.2, 0.25) is 5.91 Å². The first-order valence-electron chi connectivity index (χ1n) is 9.18. The Kier molecular flexibility index (Phi) is 4.79. The molecule has 2 aromatic carbocycles. The van der Waals surface area contributed by atoms with Gasteiger partial charge in [0.05, 0.1) is 0 Å². The summed E-state index contributed by atoms with van der Waals surface area (Å²) in [5, 5.41) is 6.63. The van der Waals surface area contributed by atoms with E-state index in [2.05, 4.69) is 10.6 Å². The first kappa shape index (κ1) is 17.9. The summed E-state index contributed by atoms with van der Waals surface area (Å²) in [5.74, 6) is 0.0918. The summed E-state index contributed by atoms with van der Waals surface area (Å²) in [7, 11) is 0. The quantitative estimate of drug-likeness (QED) is 0.853. The van der Waals surface area contributed by atoms with Crippen LogP contribution in [-0.4, -0.2) is 36.5 Å². The largest absolute Gasteiger partial charge is 0.355 e. The van der Waals surface area contributed by atoms with Gasteiger partial charge in [0, 0.05) is 43.0 Å². The number of hydrogen-bond acceptors (Lipinski definition) is 2. The number of carbonyl (C=O) groups is 2. The normalized spacial score (nSPS) is 21.5. The lowest BCUT2D eigenvalue weighted by atomic mass is 9.86. The van der Waals surface area contributed by atoms with E-state index in [0.29, 0.717) is 37.6 Å². The van der Waals surface area contributed by atoms with E-state index >= 15 is 0 Å². The van der Waals surface area contributed by atoms with Crippen molar-refractivity contribution in [3.8, 4) is 11.1 Å². The minimum Gasteiger partial charge on any atom is -0.355 e. The summed E-state index contributed by atoms with van der Waals surface area (Å²) >= 11 is 5.99. The number of benzene rings is 2. The van der Waals surface area contributed by atoms with Crippen molar-refractivity contribution >= 4 is 23.5 Å². The van der Waals surface area contributed by atoms with Crippen LogP contribution in [-0.2, 0) is 11.3 Å². The molecule has 2 fully saturated rings. The highest BCUT2D eigenvalue weighted by Gasteiger charge is 2.45. The van der Waals surface area contributed by atoms with E-state index in [-0.39, 0.29) is 17.4 Å². The Hall–Kier alpha value is -2.53. The Morgan fingerprint density at radius 2 is 1.96 bits per heavy atom. The molecule has 2 aliphatic heterocycles. The third-order valence-electron chi connectivity index (χ3n) is 5.52. The lowest BCUT2D eigenvalue weighted by molar-refractivity contribution is -0.119.